The zero-order valence-corrected chi connectivity index (χ0v) is 6.32. The van der Waals surface area contributed by atoms with Crippen LogP contribution in [0.5, 0.6) is 0 Å². The van der Waals surface area contributed by atoms with E-state index in [0.29, 0.717) is 6.42 Å². The molecule has 0 bridgehead atoms. The van der Waals surface area contributed by atoms with Gasteiger partial charge >= 0.3 is 0 Å². The normalized spacial score (nSPS) is 12.5. The minimum atomic E-state index is -0.657. The SMILES string of the molecule is CC(CCO)C(=O)C[N+](=O)[O-]. The zero-order chi connectivity index (χ0) is 8.85. The molecule has 1 unspecified atom stereocenters. The number of aliphatic hydroxyl groups excluding tert-OH is 1. The molecule has 0 aliphatic carbocycles. The van der Waals surface area contributed by atoms with E-state index in [4.69, 9.17) is 5.11 Å². The first-order valence-electron chi connectivity index (χ1n) is 3.33. The Kier molecular flexibility index (Phi) is 4.36. The number of aliphatic hydroxyl groups is 1. The van der Waals surface area contributed by atoms with Gasteiger partial charge in [-0.05, 0) is 6.42 Å². The van der Waals surface area contributed by atoms with Crippen molar-refractivity contribution in [2.24, 2.45) is 5.92 Å². The summed E-state index contributed by atoms with van der Waals surface area (Å²) in [6, 6.07) is 0. The molecule has 0 aliphatic rings. The third-order valence-electron chi connectivity index (χ3n) is 1.40. The average molecular weight is 161 g/mol. The third-order valence-corrected chi connectivity index (χ3v) is 1.40. The predicted octanol–water partition coefficient (Wildman–Crippen LogP) is -0.149. The van der Waals surface area contributed by atoms with Gasteiger partial charge in [0.15, 0.2) is 0 Å². The molecule has 5 heteroatoms. The van der Waals surface area contributed by atoms with Crippen molar-refractivity contribution in [3.05, 3.63) is 10.1 Å². The van der Waals surface area contributed by atoms with Crippen LogP contribution < -0.4 is 0 Å². The van der Waals surface area contributed by atoms with Crippen molar-refractivity contribution in [3.63, 3.8) is 0 Å². The van der Waals surface area contributed by atoms with Crippen LogP contribution in [0.15, 0.2) is 0 Å². The van der Waals surface area contributed by atoms with Gasteiger partial charge in [0.2, 0.25) is 5.78 Å². The van der Waals surface area contributed by atoms with Crippen molar-refractivity contribution >= 4 is 5.78 Å². The Labute approximate surface area is 64.2 Å². The standard InChI is InChI=1S/C6H11NO4/c1-5(2-3-8)6(9)4-7(10)11/h5,8H,2-4H2,1H3. The quantitative estimate of drug-likeness (QED) is 0.449. The molecule has 0 amide bonds. The predicted molar refractivity (Wildman–Crippen MR) is 37.7 cm³/mol. The Bertz CT molecular complexity index is 157. The van der Waals surface area contributed by atoms with Crippen LogP contribution in [-0.4, -0.2) is 29.0 Å². The van der Waals surface area contributed by atoms with E-state index in [0.717, 1.165) is 0 Å². The average Bonchev–Trinajstić information content (AvgIpc) is 1.86. The van der Waals surface area contributed by atoms with E-state index in [9.17, 15) is 14.9 Å². The number of nitro groups is 1. The zero-order valence-electron chi connectivity index (χ0n) is 6.32. The van der Waals surface area contributed by atoms with Gasteiger partial charge < -0.3 is 5.11 Å². The van der Waals surface area contributed by atoms with E-state index in [1.165, 1.54) is 0 Å². The van der Waals surface area contributed by atoms with E-state index in [1.807, 2.05) is 0 Å². The maximum atomic E-state index is 10.8. The smallest absolute Gasteiger partial charge is 0.261 e. The minimum Gasteiger partial charge on any atom is -0.396 e. The van der Waals surface area contributed by atoms with Gasteiger partial charge in [0.1, 0.15) is 0 Å². The lowest BCUT2D eigenvalue weighted by Gasteiger charge is -2.03. The van der Waals surface area contributed by atoms with Crippen LogP contribution >= 0.6 is 0 Å². The topological polar surface area (TPSA) is 80.4 Å². The van der Waals surface area contributed by atoms with E-state index in [-0.39, 0.29) is 6.61 Å². The molecule has 0 saturated carbocycles. The fraction of sp³-hybridized carbons (Fsp3) is 0.833. The Morgan fingerprint density at radius 1 is 1.73 bits per heavy atom. The molecule has 0 aromatic carbocycles. The third kappa shape index (κ3) is 4.44. The molecule has 0 aromatic heterocycles. The van der Waals surface area contributed by atoms with Crippen LogP contribution in [0.4, 0.5) is 0 Å². The van der Waals surface area contributed by atoms with E-state index in [2.05, 4.69) is 0 Å². The van der Waals surface area contributed by atoms with E-state index in [1.54, 1.807) is 6.92 Å². The number of nitrogens with zero attached hydrogens (tertiary/aromatic N) is 1. The lowest BCUT2D eigenvalue weighted by molar-refractivity contribution is -0.467. The second kappa shape index (κ2) is 4.79. The maximum absolute atomic E-state index is 10.8. The molecule has 1 N–H and O–H groups in total. The minimum absolute atomic E-state index is 0.107. The first kappa shape index (κ1) is 10.0. The first-order chi connectivity index (χ1) is 5.07. The van der Waals surface area contributed by atoms with Gasteiger partial charge in [-0.25, -0.2) is 0 Å². The molecule has 0 spiro atoms. The van der Waals surface area contributed by atoms with Crippen LogP contribution in [0.2, 0.25) is 0 Å². The monoisotopic (exact) mass is 161 g/mol. The number of carbonyl (C=O) groups is 1. The van der Waals surface area contributed by atoms with Gasteiger partial charge in [-0.3, -0.25) is 14.9 Å². The number of rotatable bonds is 5. The number of ketones is 1. The summed E-state index contributed by atoms with van der Waals surface area (Å²) in [4.78, 5) is 20.0. The Morgan fingerprint density at radius 3 is 2.64 bits per heavy atom. The Hall–Kier alpha value is -0.970. The van der Waals surface area contributed by atoms with Gasteiger partial charge in [0.25, 0.3) is 6.54 Å². The van der Waals surface area contributed by atoms with Crippen molar-refractivity contribution in [1.82, 2.24) is 0 Å². The van der Waals surface area contributed by atoms with Gasteiger partial charge in [-0.2, -0.15) is 0 Å². The van der Waals surface area contributed by atoms with Crippen LogP contribution in [0.3, 0.4) is 0 Å². The summed E-state index contributed by atoms with van der Waals surface area (Å²) in [5, 5.41) is 18.2. The highest BCUT2D eigenvalue weighted by Gasteiger charge is 2.17. The van der Waals surface area contributed by atoms with Gasteiger partial charge in [-0.1, -0.05) is 6.92 Å². The summed E-state index contributed by atoms with van der Waals surface area (Å²) >= 11 is 0. The van der Waals surface area contributed by atoms with Crippen molar-refractivity contribution in [2.45, 2.75) is 13.3 Å². The highest BCUT2D eigenvalue weighted by atomic mass is 16.6. The first-order valence-corrected chi connectivity index (χ1v) is 3.33. The highest BCUT2D eigenvalue weighted by Crippen LogP contribution is 2.01. The van der Waals surface area contributed by atoms with E-state index >= 15 is 0 Å². The molecule has 0 rings (SSSR count). The molecule has 0 heterocycles. The molecule has 0 radical (unpaired) electrons. The van der Waals surface area contributed by atoms with Gasteiger partial charge in [0.05, 0.1) is 0 Å². The highest BCUT2D eigenvalue weighted by molar-refractivity contribution is 5.81. The molecule has 5 nitrogen and oxygen atoms in total. The Balaban J connectivity index is 3.73. The van der Waals surface area contributed by atoms with Crippen LogP contribution in [0, 0.1) is 16.0 Å². The van der Waals surface area contributed by atoms with Gasteiger partial charge in [-0.15, -0.1) is 0 Å². The van der Waals surface area contributed by atoms with Crippen LogP contribution in [0.25, 0.3) is 0 Å². The second-order valence-corrected chi connectivity index (χ2v) is 2.37. The van der Waals surface area contributed by atoms with Crippen molar-refractivity contribution in [1.29, 1.82) is 0 Å². The number of carbonyl (C=O) groups excluding carboxylic acids is 1. The molecule has 0 fully saturated rings. The Morgan fingerprint density at radius 2 is 2.27 bits per heavy atom. The summed E-state index contributed by atoms with van der Waals surface area (Å²) < 4.78 is 0. The summed E-state index contributed by atoms with van der Waals surface area (Å²) in [5.74, 6) is -0.838. The second-order valence-electron chi connectivity index (χ2n) is 2.37. The number of hydrogen-bond donors (Lipinski definition) is 1. The molecule has 1 atom stereocenters. The number of Topliss-reactive ketones (excluding diaryl/α,β-unsaturated/α-hetero) is 1. The van der Waals surface area contributed by atoms with Crippen LogP contribution in [0.1, 0.15) is 13.3 Å². The largest absolute Gasteiger partial charge is 0.396 e. The summed E-state index contributed by atoms with van der Waals surface area (Å²) in [6.07, 6.45) is 0.298. The molecule has 0 aliphatic heterocycles. The fourth-order valence-corrected chi connectivity index (χ4v) is 0.638. The molecule has 64 valence electrons. The maximum Gasteiger partial charge on any atom is 0.261 e. The number of hydrogen-bond acceptors (Lipinski definition) is 4. The lowest BCUT2D eigenvalue weighted by Crippen LogP contribution is -2.21. The molecule has 0 saturated heterocycles. The lowest BCUT2D eigenvalue weighted by atomic mass is 10.0. The molecular weight excluding hydrogens is 150 g/mol. The molecular formula is C6H11NO4. The van der Waals surface area contributed by atoms with Gasteiger partial charge in [0, 0.05) is 17.4 Å². The fourth-order valence-electron chi connectivity index (χ4n) is 0.638. The van der Waals surface area contributed by atoms with Crippen molar-refractivity contribution < 1.29 is 14.8 Å². The summed E-state index contributed by atoms with van der Waals surface area (Å²) in [7, 11) is 0. The summed E-state index contributed by atoms with van der Waals surface area (Å²) in [5.41, 5.74) is 0. The van der Waals surface area contributed by atoms with Crippen molar-refractivity contribution in [3.8, 4) is 0 Å². The van der Waals surface area contributed by atoms with Crippen LogP contribution in [-0.2, 0) is 4.79 Å². The van der Waals surface area contributed by atoms with Crippen molar-refractivity contribution in [2.75, 3.05) is 13.2 Å². The molecule has 0 aromatic rings. The summed E-state index contributed by atoms with van der Waals surface area (Å²) in [6.45, 7) is 0.827. The van der Waals surface area contributed by atoms with E-state index < -0.39 is 23.2 Å². The molecule has 11 heavy (non-hydrogen) atoms.